The van der Waals surface area contributed by atoms with Gasteiger partial charge in [0.25, 0.3) is 0 Å². The van der Waals surface area contributed by atoms with Crippen LogP contribution in [0.15, 0.2) is 30.5 Å². The minimum Gasteiger partial charge on any atom is -0.382 e. The normalized spacial score (nSPS) is 12.6. The van der Waals surface area contributed by atoms with Crippen molar-refractivity contribution in [1.29, 1.82) is 0 Å². The Kier molecular flexibility index (Phi) is 4.19. The molecule has 2 nitrogen and oxygen atoms in total. The maximum absolute atomic E-state index is 4.43. The second kappa shape index (κ2) is 5.85. The van der Waals surface area contributed by atoms with Crippen LogP contribution in [-0.2, 0) is 0 Å². The lowest BCUT2D eigenvalue weighted by Crippen LogP contribution is -2.15. The highest BCUT2D eigenvalue weighted by Gasteiger charge is 2.05. The zero-order chi connectivity index (χ0) is 13.0. The fourth-order valence-corrected chi connectivity index (χ4v) is 2.23. The summed E-state index contributed by atoms with van der Waals surface area (Å²) < 4.78 is 0. The molecule has 0 aliphatic rings. The van der Waals surface area contributed by atoms with Gasteiger partial charge in [-0.2, -0.15) is 0 Å². The van der Waals surface area contributed by atoms with Crippen molar-refractivity contribution in [3.05, 3.63) is 36.0 Å². The lowest BCUT2D eigenvalue weighted by Gasteiger charge is -2.16. The third-order valence-electron chi connectivity index (χ3n) is 3.29. The van der Waals surface area contributed by atoms with E-state index >= 15 is 0 Å². The highest BCUT2D eigenvalue weighted by molar-refractivity contribution is 5.91. The Bertz CT molecular complexity index is 519. The van der Waals surface area contributed by atoms with Crippen LogP contribution in [0.5, 0.6) is 0 Å². The molecule has 1 unspecified atom stereocenters. The van der Waals surface area contributed by atoms with Crippen molar-refractivity contribution in [3.8, 4) is 0 Å². The number of nitrogens with zero attached hydrogens (tertiary/aromatic N) is 1. The van der Waals surface area contributed by atoms with E-state index in [0.29, 0.717) is 6.04 Å². The van der Waals surface area contributed by atoms with E-state index in [9.17, 15) is 0 Å². The average molecular weight is 242 g/mol. The fraction of sp³-hybridized carbons (Fsp3) is 0.438. The quantitative estimate of drug-likeness (QED) is 0.833. The predicted molar refractivity (Wildman–Crippen MR) is 79.1 cm³/mol. The minimum atomic E-state index is 0.511. The van der Waals surface area contributed by atoms with Gasteiger partial charge in [-0.1, -0.05) is 31.9 Å². The molecule has 1 N–H and O–H groups in total. The van der Waals surface area contributed by atoms with E-state index in [4.69, 9.17) is 0 Å². The molecule has 0 amide bonds. The highest BCUT2D eigenvalue weighted by Crippen LogP contribution is 2.23. The van der Waals surface area contributed by atoms with Gasteiger partial charge < -0.3 is 5.32 Å². The van der Waals surface area contributed by atoms with E-state index in [2.05, 4.69) is 55.3 Å². The van der Waals surface area contributed by atoms with Crippen molar-refractivity contribution in [2.24, 2.45) is 0 Å². The summed E-state index contributed by atoms with van der Waals surface area (Å²) in [6, 6.07) is 9.02. The molecule has 96 valence electrons. The molecule has 0 aliphatic heterocycles. The van der Waals surface area contributed by atoms with Crippen LogP contribution in [0.3, 0.4) is 0 Å². The van der Waals surface area contributed by atoms with Crippen LogP contribution in [0, 0.1) is 6.92 Å². The number of rotatable bonds is 5. The number of anilines is 1. The first kappa shape index (κ1) is 12.9. The molecular weight excluding hydrogens is 220 g/mol. The topological polar surface area (TPSA) is 24.9 Å². The Morgan fingerprint density at radius 3 is 2.89 bits per heavy atom. The van der Waals surface area contributed by atoms with E-state index in [0.717, 1.165) is 5.52 Å². The smallest absolute Gasteiger partial charge is 0.0725 e. The van der Waals surface area contributed by atoms with Crippen molar-refractivity contribution in [2.75, 3.05) is 5.32 Å². The number of aromatic nitrogens is 1. The Labute approximate surface area is 109 Å². The van der Waals surface area contributed by atoms with Gasteiger partial charge in [-0.25, -0.2) is 0 Å². The van der Waals surface area contributed by atoms with Crippen LogP contribution in [0.25, 0.3) is 10.9 Å². The number of hydrogen-bond donors (Lipinski definition) is 1. The summed E-state index contributed by atoms with van der Waals surface area (Å²) in [6.07, 6.45) is 5.63. The van der Waals surface area contributed by atoms with E-state index < -0.39 is 0 Å². The predicted octanol–water partition coefficient (Wildman–Crippen LogP) is 4.53. The fourth-order valence-electron chi connectivity index (χ4n) is 2.23. The van der Waals surface area contributed by atoms with Crippen molar-refractivity contribution in [2.45, 2.75) is 46.1 Å². The summed E-state index contributed by atoms with van der Waals surface area (Å²) >= 11 is 0. The first-order valence-corrected chi connectivity index (χ1v) is 6.82. The van der Waals surface area contributed by atoms with Crippen LogP contribution in [0.2, 0.25) is 0 Å². The third kappa shape index (κ3) is 3.00. The SMILES string of the molecule is CCCCC(C)Nc1ccnc2cc(C)ccc12. The van der Waals surface area contributed by atoms with E-state index in [1.807, 2.05) is 6.20 Å². The molecule has 0 radical (unpaired) electrons. The average Bonchev–Trinajstić information content (AvgIpc) is 2.36. The number of hydrogen-bond acceptors (Lipinski definition) is 2. The van der Waals surface area contributed by atoms with Gasteiger partial charge in [0.2, 0.25) is 0 Å². The molecule has 0 aliphatic carbocycles. The molecule has 1 heterocycles. The van der Waals surface area contributed by atoms with E-state index in [-0.39, 0.29) is 0 Å². The lowest BCUT2D eigenvalue weighted by atomic mass is 10.1. The van der Waals surface area contributed by atoms with Gasteiger partial charge in [-0.3, -0.25) is 4.98 Å². The molecule has 2 aromatic rings. The molecular formula is C16H22N2. The number of nitrogens with one attached hydrogen (secondary N) is 1. The van der Waals surface area contributed by atoms with E-state index in [1.165, 1.54) is 35.9 Å². The Hall–Kier alpha value is -1.57. The van der Waals surface area contributed by atoms with Gasteiger partial charge in [0.15, 0.2) is 0 Å². The molecule has 0 saturated heterocycles. The van der Waals surface area contributed by atoms with Crippen LogP contribution in [-0.4, -0.2) is 11.0 Å². The zero-order valence-corrected chi connectivity index (χ0v) is 11.5. The molecule has 0 bridgehead atoms. The molecule has 0 fully saturated rings. The summed E-state index contributed by atoms with van der Waals surface area (Å²) in [5.74, 6) is 0. The Balaban J connectivity index is 2.22. The molecule has 2 rings (SSSR count). The largest absolute Gasteiger partial charge is 0.382 e. The van der Waals surface area contributed by atoms with Crippen LogP contribution in [0.4, 0.5) is 5.69 Å². The minimum absolute atomic E-state index is 0.511. The van der Waals surface area contributed by atoms with Crippen molar-refractivity contribution in [3.63, 3.8) is 0 Å². The number of aryl methyl sites for hydroxylation is 1. The van der Waals surface area contributed by atoms with Gasteiger partial charge in [0.05, 0.1) is 5.52 Å². The zero-order valence-electron chi connectivity index (χ0n) is 11.5. The van der Waals surface area contributed by atoms with Crippen LogP contribution >= 0.6 is 0 Å². The highest BCUT2D eigenvalue weighted by atomic mass is 14.9. The van der Waals surface area contributed by atoms with Gasteiger partial charge in [-0.15, -0.1) is 0 Å². The summed E-state index contributed by atoms with van der Waals surface area (Å²) in [6.45, 7) is 6.58. The summed E-state index contributed by atoms with van der Waals surface area (Å²) in [4.78, 5) is 4.43. The summed E-state index contributed by atoms with van der Waals surface area (Å²) in [5, 5.41) is 4.81. The first-order valence-electron chi connectivity index (χ1n) is 6.82. The van der Waals surface area contributed by atoms with Gasteiger partial charge in [-0.05, 0) is 38.0 Å². The molecule has 1 aromatic carbocycles. The van der Waals surface area contributed by atoms with Crippen LogP contribution < -0.4 is 5.32 Å². The molecule has 1 aromatic heterocycles. The number of fused-ring (bicyclic) bond motifs is 1. The summed E-state index contributed by atoms with van der Waals surface area (Å²) in [5.41, 5.74) is 3.53. The Morgan fingerprint density at radius 2 is 2.11 bits per heavy atom. The first-order chi connectivity index (χ1) is 8.70. The lowest BCUT2D eigenvalue weighted by molar-refractivity contribution is 0.645. The van der Waals surface area contributed by atoms with Gasteiger partial charge in [0.1, 0.15) is 0 Å². The van der Waals surface area contributed by atoms with Crippen molar-refractivity contribution < 1.29 is 0 Å². The standard InChI is InChI=1S/C16H22N2/c1-4-5-6-13(3)18-15-9-10-17-16-11-12(2)7-8-14(15)16/h7-11,13H,4-6H2,1-3H3,(H,17,18). The van der Waals surface area contributed by atoms with Crippen molar-refractivity contribution >= 4 is 16.6 Å². The maximum Gasteiger partial charge on any atom is 0.0725 e. The van der Waals surface area contributed by atoms with E-state index in [1.54, 1.807) is 0 Å². The second-order valence-corrected chi connectivity index (χ2v) is 5.07. The van der Waals surface area contributed by atoms with Crippen molar-refractivity contribution in [1.82, 2.24) is 4.98 Å². The Morgan fingerprint density at radius 1 is 1.28 bits per heavy atom. The number of benzene rings is 1. The van der Waals surface area contributed by atoms with Gasteiger partial charge >= 0.3 is 0 Å². The monoisotopic (exact) mass is 242 g/mol. The molecule has 0 spiro atoms. The van der Waals surface area contributed by atoms with Gasteiger partial charge in [0, 0.05) is 23.3 Å². The maximum atomic E-state index is 4.43. The molecule has 1 atom stereocenters. The third-order valence-corrected chi connectivity index (χ3v) is 3.29. The summed E-state index contributed by atoms with van der Waals surface area (Å²) in [7, 11) is 0. The molecule has 0 saturated carbocycles. The second-order valence-electron chi connectivity index (χ2n) is 5.07. The number of pyridine rings is 1. The molecule has 18 heavy (non-hydrogen) atoms. The van der Waals surface area contributed by atoms with Crippen LogP contribution in [0.1, 0.15) is 38.7 Å². The molecule has 2 heteroatoms. The number of unbranched alkanes of at least 4 members (excludes halogenated alkanes) is 1.